The highest BCUT2D eigenvalue weighted by atomic mass is 79.9. The second kappa shape index (κ2) is 5.93. The first-order chi connectivity index (χ1) is 10.2. The molecule has 0 bridgehead atoms. The van der Waals surface area contributed by atoms with Crippen LogP contribution in [0.15, 0.2) is 45.7 Å². The number of hydrogen-bond acceptors (Lipinski definition) is 3. The molecule has 1 aliphatic heterocycles. The molecule has 1 fully saturated rings. The predicted octanol–water partition coefficient (Wildman–Crippen LogP) is 4.03. The summed E-state index contributed by atoms with van der Waals surface area (Å²) in [6.45, 7) is 0.762. The summed E-state index contributed by atoms with van der Waals surface area (Å²) in [6.07, 6.45) is 3.49. The van der Waals surface area contributed by atoms with Crippen LogP contribution in [0.4, 0.5) is 0 Å². The minimum Gasteiger partial charge on any atom is -0.497 e. The van der Waals surface area contributed by atoms with Gasteiger partial charge in [-0.2, -0.15) is 0 Å². The molecule has 0 radical (unpaired) electrons. The van der Waals surface area contributed by atoms with E-state index in [0.717, 1.165) is 30.7 Å². The Balaban J connectivity index is 1.88. The largest absolute Gasteiger partial charge is 0.497 e. The predicted molar refractivity (Wildman–Crippen MR) is 82.4 cm³/mol. The minimum atomic E-state index is 0.000875. The second-order valence-electron chi connectivity index (χ2n) is 5.04. The number of amides is 1. The van der Waals surface area contributed by atoms with Gasteiger partial charge in [0.1, 0.15) is 5.75 Å². The Morgan fingerprint density at radius 1 is 1.43 bits per heavy atom. The van der Waals surface area contributed by atoms with Crippen molar-refractivity contribution in [3.63, 3.8) is 0 Å². The van der Waals surface area contributed by atoms with Gasteiger partial charge >= 0.3 is 0 Å². The van der Waals surface area contributed by atoms with Gasteiger partial charge in [0.05, 0.1) is 25.0 Å². The summed E-state index contributed by atoms with van der Waals surface area (Å²) in [5.74, 6) is 0.817. The molecular formula is C16H16BrNO3. The molecule has 1 unspecified atom stereocenters. The van der Waals surface area contributed by atoms with Crippen molar-refractivity contribution < 1.29 is 13.9 Å². The summed E-state index contributed by atoms with van der Waals surface area (Å²) in [6, 6.07) is 9.71. The number of carbonyl (C=O) groups is 1. The number of furan rings is 1. The van der Waals surface area contributed by atoms with Gasteiger partial charge in [-0.25, -0.2) is 0 Å². The number of rotatable bonds is 3. The van der Waals surface area contributed by atoms with Crippen molar-refractivity contribution in [2.24, 2.45) is 0 Å². The summed E-state index contributed by atoms with van der Waals surface area (Å²) < 4.78 is 10.9. The third-order valence-corrected chi connectivity index (χ3v) is 4.45. The molecule has 0 spiro atoms. The van der Waals surface area contributed by atoms with Crippen molar-refractivity contribution in [2.75, 3.05) is 13.7 Å². The van der Waals surface area contributed by atoms with E-state index in [1.807, 2.05) is 29.2 Å². The molecule has 4 nitrogen and oxygen atoms in total. The fourth-order valence-corrected chi connectivity index (χ4v) is 3.22. The number of carbonyl (C=O) groups excluding carboxylic acids is 1. The Kier molecular flexibility index (Phi) is 4.01. The number of halogens is 1. The van der Waals surface area contributed by atoms with Gasteiger partial charge in [0, 0.05) is 6.54 Å². The first-order valence-corrected chi connectivity index (χ1v) is 7.68. The van der Waals surface area contributed by atoms with E-state index in [-0.39, 0.29) is 11.9 Å². The lowest BCUT2D eigenvalue weighted by Gasteiger charge is -2.25. The maximum atomic E-state index is 12.7. The first kappa shape index (κ1) is 14.2. The lowest BCUT2D eigenvalue weighted by atomic mass is 10.0. The molecule has 21 heavy (non-hydrogen) atoms. The number of benzene rings is 1. The van der Waals surface area contributed by atoms with Gasteiger partial charge in [0.2, 0.25) is 0 Å². The Morgan fingerprint density at radius 3 is 3.00 bits per heavy atom. The Labute approximate surface area is 131 Å². The standard InChI is InChI=1S/C16H16BrNO3/c1-20-12-5-2-4-11(10-12)14-6-3-8-18(14)16(19)13-7-9-21-15(13)17/h2,4-5,7,9-10,14H,3,6,8H2,1H3. The van der Waals surface area contributed by atoms with Crippen molar-refractivity contribution in [3.8, 4) is 5.75 Å². The zero-order valence-electron chi connectivity index (χ0n) is 11.7. The van der Waals surface area contributed by atoms with Gasteiger partial charge < -0.3 is 14.1 Å². The lowest BCUT2D eigenvalue weighted by molar-refractivity contribution is 0.0733. The maximum absolute atomic E-state index is 12.7. The third kappa shape index (κ3) is 2.70. The second-order valence-corrected chi connectivity index (χ2v) is 5.76. The minimum absolute atomic E-state index is 0.000875. The quantitative estimate of drug-likeness (QED) is 0.840. The third-order valence-electron chi connectivity index (χ3n) is 3.84. The van der Waals surface area contributed by atoms with Gasteiger partial charge in [0.25, 0.3) is 5.91 Å². The van der Waals surface area contributed by atoms with E-state index < -0.39 is 0 Å². The molecule has 1 aliphatic rings. The summed E-state index contributed by atoms with van der Waals surface area (Å²) in [5, 5.41) is 0. The molecule has 0 aliphatic carbocycles. The highest BCUT2D eigenvalue weighted by molar-refractivity contribution is 9.10. The summed E-state index contributed by atoms with van der Waals surface area (Å²) in [5.41, 5.74) is 1.68. The van der Waals surface area contributed by atoms with Gasteiger partial charge in [-0.1, -0.05) is 12.1 Å². The van der Waals surface area contributed by atoms with Crippen molar-refractivity contribution in [1.29, 1.82) is 0 Å². The van der Waals surface area contributed by atoms with Crippen LogP contribution in [-0.2, 0) is 0 Å². The van der Waals surface area contributed by atoms with Gasteiger partial charge in [-0.15, -0.1) is 0 Å². The molecular weight excluding hydrogens is 334 g/mol. The van der Waals surface area contributed by atoms with Crippen molar-refractivity contribution >= 4 is 21.8 Å². The van der Waals surface area contributed by atoms with E-state index in [9.17, 15) is 4.79 Å². The van der Waals surface area contributed by atoms with Crippen LogP contribution < -0.4 is 4.74 Å². The van der Waals surface area contributed by atoms with E-state index in [1.165, 1.54) is 6.26 Å². The van der Waals surface area contributed by atoms with Gasteiger partial charge in [-0.3, -0.25) is 4.79 Å². The van der Waals surface area contributed by atoms with Crippen LogP contribution in [0, 0.1) is 0 Å². The molecule has 1 aromatic carbocycles. The number of methoxy groups -OCH3 is 1. The van der Waals surface area contributed by atoms with Gasteiger partial charge in [-0.05, 0) is 52.5 Å². The van der Waals surface area contributed by atoms with Crippen LogP contribution in [0.2, 0.25) is 0 Å². The van der Waals surface area contributed by atoms with E-state index in [2.05, 4.69) is 15.9 Å². The lowest BCUT2D eigenvalue weighted by Crippen LogP contribution is -2.30. The van der Waals surface area contributed by atoms with Gasteiger partial charge in [0.15, 0.2) is 4.67 Å². The molecule has 0 saturated carbocycles. The average molecular weight is 350 g/mol. The number of hydrogen-bond donors (Lipinski definition) is 0. The van der Waals surface area contributed by atoms with E-state index in [0.29, 0.717) is 10.2 Å². The molecule has 110 valence electrons. The number of nitrogens with zero attached hydrogens (tertiary/aromatic N) is 1. The molecule has 5 heteroatoms. The van der Waals surface area contributed by atoms with Crippen LogP contribution in [-0.4, -0.2) is 24.5 Å². The maximum Gasteiger partial charge on any atom is 0.258 e. The monoisotopic (exact) mass is 349 g/mol. The average Bonchev–Trinajstić information content (AvgIpc) is 3.15. The molecule has 3 rings (SSSR count). The Morgan fingerprint density at radius 2 is 2.29 bits per heavy atom. The molecule has 1 atom stereocenters. The topological polar surface area (TPSA) is 42.7 Å². The van der Waals surface area contributed by atoms with Crippen molar-refractivity contribution in [3.05, 3.63) is 52.4 Å². The fourth-order valence-electron chi connectivity index (χ4n) is 2.81. The van der Waals surface area contributed by atoms with Crippen LogP contribution in [0.5, 0.6) is 5.75 Å². The van der Waals surface area contributed by atoms with Crippen molar-refractivity contribution in [1.82, 2.24) is 4.90 Å². The zero-order valence-corrected chi connectivity index (χ0v) is 13.3. The van der Waals surface area contributed by atoms with E-state index in [4.69, 9.17) is 9.15 Å². The fraction of sp³-hybridized carbons (Fsp3) is 0.312. The van der Waals surface area contributed by atoms with E-state index >= 15 is 0 Å². The van der Waals surface area contributed by atoms with Crippen LogP contribution in [0.1, 0.15) is 34.8 Å². The SMILES string of the molecule is COc1cccc(C2CCCN2C(=O)c2ccoc2Br)c1. The number of likely N-dealkylation sites (tertiary alicyclic amines) is 1. The Hall–Kier alpha value is -1.75. The van der Waals surface area contributed by atoms with Crippen LogP contribution in [0.25, 0.3) is 0 Å². The molecule has 1 amide bonds. The normalized spacial score (nSPS) is 18.0. The number of ether oxygens (including phenoxy) is 1. The molecule has 1 aromatic heterocycles. The highest BCUT2D eigenvalue weighted by Gasteiger charge is 2.32. The van der Waals surface area contributed by atoms with Crippen LogP contribution >= 0.6 is 15.9 Å². The Bertz CT molecular complexity index is 652. The van der Waals surface area contributed by atoms with E-state index in [1.54, 1.807) is 13.2 Å². The highest BCUT2D eigenvalue weighted by Crippen LogP contribution is 2.35. The molecule has 2 aromatic rings. The molecule has 1 saturated heterocycles. The van der Waals surface area contributed by atoms with Crippen molar-refractivity contribution in [2.45, 2.75) is 18.9 Å². The summed E-state index contributed by atoms with van der Waals surface area (Å²) in [7, 11) is 1.65. The zero-order chi connectivity index (χ0) is 14.8. The molecule has 2 heterocycles. The van der Waals surface area contributed by atoms with Crippen LogP contribution in [0.3, 0.4) is 0 Å². The first-order valence-electron chi connectivity index (χ1n) is 6.88. The smallest absolute Gasteiger partial charge is 0.258 e. The molecule has 0 N–H and O–H groups in total. The summed E-state index contributed by atoms with van der Waals surface area (Å²) >= 11 is 3.28. The summed E-state index contributed by atoms with van der Waals surface area (Å²) in [4.78, 5) is 14.6.